The van der Waals surface area contributed by atoms with Gasteiger partial charge in [0.15, 0.2) is 0 Å². The highest BCUT2D eigenvalue weighted by molar-refractivity contribution is 9.10. The lowest BCUT2D eigenvalue weighted by atomic mass is 10.2. The highest BCUT2D eigenvalue weighted by Crippen LogP contribution is 2.32. The Morgan fingerprint density at radius 1 is 1.19 bits per heavy atom. The van der Waals surface area contributed by atoms with E-state index in [0.717, 1.165) is 6.07 Å². The van der Waals surface area contributed by atoms with Gasteiger partial charge in [0.1, 0.15) is 10.6 Å². The van der Waals surface area contributed by atoms with E-state index in [1.54, 1.807) is 6.07 Å². The molecule has 0 aliphatic rings. The maximum atomic E-state index is 12.7. The maximum Gasteiger partial charge on any atom is 0.270 e. The van der Waals surface area contributed by atoms with E-state index in [1.165, 1.54) is 38.3 Å². The van der Waals surface area contributed by atoms with Crippen LogP contribution in [0.4, 0.5) is 17.1 Å². The van der Waals surface area contributed by atoms with Crippen LogP contribution in [0.2, 0.25) is 0 Å². The zero-order valence-electron chi connectivity index (χ0n) is 13.6. The number of halogens is 1. The van der Waals surface area contributed by atoms with Gasteiger partial charge in [0, 0.05) is 29.6 Å². The smallest absolute Gasteiger partial charge is 0.270 e. The van der Waals surface area contributed by atoms with E-state index in [-0.39, 0.29) is 26.4 Å². The average molecular weight is 444 g/mol. The highest BCUT2D eigenvalue weighted by atomic mass is 79.9. The summed E-state index contributed by atoms with van der Waals surface area (Å²) < 4.78 is 33.0. The Morgan fingerprint density at radius 3 is 2.46 bits per heavy atom. The maximum absolute atomic E-state index is 12.7. The van der Waals surface area contributed by atoms with Crippen molar-refractivity contribution in [2.24, 2.45) is 0 Å². The molecule has 0 aliphatic heterocycles. The lowest BCUT2D eigenvalue weighted by molar-refractivity contribution is -0.385. The molecule has 11 heteroatoms. The van der Waals surface area contributed by atoms with E-state index >= 15 is 0 Å². The predicted octanol–water partition coefficient (Wildman–Crippen LogP) is 3.13. The van der Waals surface area contributed by atoms with E-state index in [4.69, 9.17) is 4.74 Å². The highest BCUT2D eigenvalue weighted by Gasteiger charge is 2.23. The lowest BCUT2D eigenvalue weighted by Crippen LogP contribution is -2.16. The van der Waals surface area contributed by atoms with Gasteiger partial charge in [-0.3, -0.25) is 19.6 Å². The van der Waals surface area contributed by atoms with Gasteiger partial charge in [-0.05, 0) is 34.1 Å². The van der Waals surface area contributed by atoms with Crippen LogP contribution in [0.15, 0.2) is 45.8 Å². The van der Waals surface area contributed by atoms with Crippen LogP contribution in [0, 0.1) is 10.1 Å². The minimum atomic E-state index is -4.19. The number of anilines is 2. The first-order valence-electron chi connectivity index (χ1n) is 7.06. The Bertz CT molecular complexity index is 977. The summed E-state index contributed by atoms with van der Waals surface area (Å²) in [4.78, 5) is 21.2. The van der Waals surface area contributed by atoms with Crippen molar-refractivity contribution in [2.45, 2.75) is 11.8 Å². The summed E-state index contributed by atoms with van der Waals surface area (Å²) >= 11 is 3.08. The molecule has 0 spiro atoms. The third kappa shape index (κ3) is 4.49. The molecule has 2 aromatic carbocycles. The number of nitrogens with zero attached hydrogens (tertiary/aromatic N) is 1. The number of hydrogen-bond acceptors (Lipinski definition) is 6. The number of hydrogen-bond donors (Lipinski definition) is 2. The second kappa shape index (κ2) is 7.70. The molecule has 9 nitrogen and oxygen atoms in total. The van der Waals surface area contributed by atoms with E-state index in [2.05, 4.69) is 26.0 Å². The monoisotopic (exact) mass is 443 g/mol. The lowest BCUT2D eigenvalue weighted by Gasteiger charge is -2.15. The van der Waals surface area contributed by atoms with Crippen LogP contribution < -0.4 is 14.8 Å². The summed E-state index contributed by atoms with van der Waals surface area (Å²) in [6.07, 6.45) is 0. The molecule has 0 unspecified atom stereocenters. The number of amides is 1. The van der Waals surface area contributed by atoms with Gasteiger partial charge in [-0.25, -0.2) is 8.42 Å². The molecule has 1 amide bonds. The first-order chi connectivity index (χ1) is 12.1. The van der Waals surface area contributed by atoms with Crippen molar-refractivity contribution < 1.29 is 22.9 Å². The Labute approximate surface area is 157 Å². The van der Waals surface area contributed by atoms with Crippen molar-refractivity contribution >= 4 is 48.9 Å². The molecule has 0 radical (unpaired) electrons. The predicted molar refractivity (Wildman–Crippen MR) is 98.9 cm³/mol. The average Bonchev–Trinajstić information content (AvgIpc) is 2.55. The normalized spacial score (nSPS) is 10.9. The van der Waals surface area contributed by atoms with Crippen LogP contribution in [0.3, 0.4) is 0 Å². The molecule has 0 fully saturated rings. The molecule has 26 heavy (non-hydrogen) atoms. The van der Waals surface area contributed by atoms with Gasteiger partial charge in [-0.15, -0.1) is 0 Å². The number of rotatable bonds is 6. The van der Waals surface area contributed by atoms with Gasteiger partial charge < -0.3 is 10.1 Å². The molecular formula is C15H14BrN3O6S. The third-order valence-electron chi connectivity index (χ3n) is 3.20. The number of carbonyl (C=O) groups excluding carboxylic acids is 1. The third-order valence-corrected chi connectivity index (χ3v) is 5.56. The molecule has 138 valence electrons. The molecular weight excluding hydrogens is 430 g/mol. The fourth-order valence-corrected chi connectivity index (χ4v) is 4.10. The van der Waals surface area contributed by atoms with Gasteiger partial charge in [0.2, 0.25) is 5.91 Å². The Balaban J connectivity index is 2.51. The number of nitro groups is 1. The second-order valence-corrected chi connectivity index (χ2v) is 7.58. The van der Waals surface area contributed by atoms with Crippen LogP contribution in [-0.4, -0.2) is 26.4 Å². The van der Waals surface area contributed by atoms with E-state index in [1.807, 2.05) is 0 Å². The van der Waals surface area contributed by atoms with Crippen molar-refractivity contribution in [1.82, 2.24) is 0 Å². The van der Waals surface area contributed by atoms with Gasteiger partial charge in [-0.2, -0.15) is 0 Å². The van der Waals surface area contributed by atoms with Crippen molar-refractivity contribution in [2.75, 3.05) is 17.1 Å². The van der Waals surface area contributed by atoms with Crippen molar-refractivity contribution in [3.63, 3.8) is 0 Å². The van der Waals surface area contributed by atoms with Gasteiger partial charge in [0.25, 0.3) is 15.7 Å². The molecule has 0 heterocycles. The molecule has 0 atom stereocenters. The number of nitro benzene ring substituents is 1. The first kappa shape index (κ1) is 19.7. The molecule has 0 aliphatic carbocycles. The molecule has 2 rings (SSSR count). The number of nitrogens with one attached hydrogen (secondary N) is 2. The van der Waals surface area contributed by atoms with Crippen LogP contribution in [0.5, 0.6) is 5.75 Å². The molecule has 2 N–H and O–H groups in total. The number of sulfonamides is 1. The summed E-state index contributed by atoms with van der Waals surface area (Å²) in [6.45, 7) is 1.28. The van der Waals surface area contributed by atoms with E-state index < -0.39 is 20.9 Å². The van der Waals surface area contributed by atoms with Crippen LogP contribution in [0.25, 0.3) is 0 Å². The SMILES string of the molecule is COc1ccc(NC(C)=O)c(NS(=O)(=O)c2cc([N+](=O)[O-])ccc2Br)c1. The fraction of sp³-hybridized carbons (Fsp3) is 0.133. The Kier molecular flexibility index (Phi) is 5.83. The Hall–Kier alpha value is -2.66. The van der Waals surface area contributed by atoms with Gasteiger partial charge in [0.05, 0.1) is 23.4 Å². The van der Waals surface area contributed by atoms with Crippen LogP contribution in [0.1, 0.15) is 6.92 Å². The largest absolute Gasteiger partial charge is 0.497 e. The summed E-state index contributed by atoms with van der Waals surface area (Å²) in [7, 11) is -2.79. The topological polar surface area (TPSA) is 128 Å². The second-order valence-electron chi connectivity index (χ2n) is 5.07. The number of ether oxygens (including phenoxy) is 1. The summed E-state index contributed by atoms with van der Waals surface area (Å²) in [5.74, 6) is -0.0398. The minimum Gasteiger partial charge on any atom is -0.497 e. The van der Waals surface area contributed by atoms with Crippen molar-refractivity contribution in [3.8, 4) is 5.75 Å². The summed E-state index contributed by atoms with van der Waals surface area (Å²) in [5, 5.41) is 13.4. The number of carbonyl (C=O) groups is 1. The van der Waals surface area contributed by atoms with Crippen LogP contribution in [-0.2, 0) is 14.8 Å². The summed E-state index contributed by atoms with van der Waals surface area (Å²) in [5.41, 5.74) is -0.109. The number of non-ortho nitro benzene ring substituents is 1. The zero-order chi connectivity index (χ0) is 19.5. The first-order valence-corrected chi connectivity index (χ1v) is 9.34. The zero-order valence-corrected chi connectivity index (χ0v) is 16.0. The van der Waals surface area contributed by atoms with Crippen LogP contribution >= 0.6 is 15.9 Å². The molecule has 0 aromatic heterocycles. The van der Waals surface area contributed by atoms with Gasteiger partial charge in [-0.1, -0.05) is 0 Å². The molecule has 0 saturated carbocycles. The quantitative estimate of drug-likeness (QED) is 0.521. The fourth-order valence-electron chi connectivity index (χ4n) is 2.04. The Morgan fingerprint density at radius 2 is 1.88 bits per heavy atom. The van der Waals surface area contributed by atoms with Crippen molar-refractivity contribution in [3.05, 3.63) is 51.0 Å². The number of benzene rings is 2. The summed E-state index contributed by atoms with van der Waals surface area (Å²) in [6, 6.07) is 7.79. The minimum absolute atomic E-state index is 0.0537. The van der Waals surface area contributed by atoms with E-state index in [9.17, 15) is 23.3 Å². The van der Waals surface area contributed by atoms with Crippen molar-refractivity contribution in [1.29, 1.82) is 0 Å². The van der Waals surface area contributed by atoms with Gasteiger partial charge >= 0.3 is 0 Å². The molecule has 2 aromatic rings. The molecule has 0 bridgehead atoms. The molecule has 0 saturated heterocycles. The number of methoxy groups -OCH3 is 1. The standard InChI is InChI=1S/C15H14BrN3O6S/c1-9(20)17-13-6-4-11(25-2)8-14(13)18-26(23,24)15-7-10(19(21)22)3-5-12(15)16/h3-8,18H,1-2H3,(H,17,20). The van der Waals surface area contributed by atoms with E-state index in [0.29, 0.717) is 5.75 Å².